The minimum absolute atomic E-state index is 0.158. The predicted molar refractivity (Wildman–Crippen MR) is 120 cm³/mol. The molecule has 2 fully saturated rings. The number of nitrogens with one attached hydrogen (secondary N) is 1. The van der Waals surface area contributed by atoms with E-state index < -0.39 is 46.6 Å². The van der Waals surface area contributed by atoms with Gasteiger partial charge in [-0.25, -0.2) is 4.90 Å². The Kier molecular flexibility index (Phi) is 4.94. The van der Waals surface area contributed by atoms with Crippen molar-refractivity contribution in [1.82, 2.24) is 5.01 Å². The molecule has 3 aliphatic rings. The van der Waals surface area contributed by atoms with E-state index in [2.05, 4.69) is 10.4 Å². The van der Waals surface area contributed by atoms with Crippen LogP contribution in [-0.4, -0.2) is 46.0 Å². The van der Waals surface area contributed by atoms with Crippen LogP contribution in [0.3, 0.4) is 0 Å². The molecule has 1 N–H and O–H groups in total. The maximum absolute atomic E-state index is 13.4. The fourth-order valence-electron chi connectivity index (χ4n) is 4.56. The second kappa shape index (κ2) is 7.82. The van der Waals surface area contributed by atoms with Crippen LogP contribution >= 0.6 is 11.6 Å². The van der Waals surface area contributed by atoms with Gasteiger partial charge in [0, 0.05) is 29.1 Å². The first-order valence-corrected chi connectivity index (χ1v) is 10.4. The van der Waals surface area contributed by atoms with Crippen LogP contribution in [0, 0.1) is 22.0 Å². The Labute approximate surface area is 192 Å². The van der Waals surface area contributed by atoms with Crippen molar-refractivity contribution in [1.29, 1.82) is 0 Å². The summed E-state index contributed by atoms with van der Waals surface area (Å²) in [7, 11) is 0. The average Bonchev–Trinajstić information content (AvgIpc) is 3.28. The van der Waals surface area contributed by atoms with Gasteiger partial charge in [-0.15, -0.1) is 0 Å². The number of carbonyl (C=O) groups excluding carboxylic acids is 3. The summed E-state index contributed by atoms with van der Waals surface area (Å²) >= 11 is 5.90. The molecule has 3 heterocycles. The number of benzene rings is 2. The van der Waals surface area contributed by atoms with Gasteiger partial charge in [0.15, 0.2) is 0 Å². The van der Waals surface area contributed by atoms with Crippen LogP contribution in [0.1, 0.15) is 0 Å². The van der Waals surface area contributed by atoms with Crippen LogP contribution in [0.5, 0.6) is 0 Å². The Morgan fingerprint density at radius 1 is 1.03 bits per heavy atom. The van der Waals surface area contributed by atoms with Crippen LogP contribution in [0.25, 0.3) is 0 Å². The zero-order chi connectivity index (χ0) is 23.3. The van der Waals surface area contributed by atoms with Crippen LogP contribution in [0.4, 0.5) is 17.1 Å². The molecule has 4 atom stereocenters. The van der Waals surface area contributed by atoms with Gasteiger partial charge < -0.3 is 5.32 Å². The maximum atomic E-state index is 13.4. The first-order chi connectivity index (χ1) is 15.9. The van der Waals surface area contributed by atoms with Gasteiger partial charge in [0.05, 0.1) is 28.5 Å². The molecule has 5 rings (SSSR count). The number of hydrogen-bond acceptors (Lipinski definition) is 7. The third-order valence-electron chi connectivity index (χ3n) is 5.99. The quantitative estimate of drug-likeness (QED) is 0.420. The van der Waals surface area contributed by atoms with Crippen LogP contribution in [0.2, 0.25) is 5.02 Å². The van der Waals surface area contributed by atoms with Gasteiger partial charge in [-0.05, 0) is 42.5 Å². The number of amides is 3. The number of nitro groups is 1. The second-order valence-corrected chi connectivity index (χ2v) is 8.23. The highest BCUT2D eigenvalue weighted by atomic mass is 35.5. The molecule has 2 aromatic carbocycles. The molecule has 2 saturated heterocycles. The van der Waals surface area contributed by atoms with Gasteiger partial charge in [-0.1, -0.05) is 17.7 Å². The van der Waals surface area contributed by atoms with Crippen molar-refractivity contribution >= 4 is 52.6 Å². The van der Waals surface area contributed by atoms with Crippen molar-refractivity contribution < 1.29 is 19.3 Å². The highest BCUT2D eigenvalue weighted by Crippen LogP contribution is 2.45. The third kappa shape index (κ3) is 3.35. The first kappa shape index (κ1) is 20.8. The number of nitrogens with zero attached hydrogens (tertiary/aromatic N) is 4. The lowest BCUT2D eigenvalue weighted by atomic mass is 9.88. The minimum Gasteiger partial charge on any atom is -0.324 e. The molecule has 0 bridgehead atoms. The standard InChI is InChI=1S/C22H16ClN5O5/c23-12-3-5-13(6-4-12)25-20(29)19-18-17(16-2-1-11-24-27(16)19)21(30)26(22(18)31)14-7-9-15(10-8-14)28(32)33/h1-11,16-19H,(H,25,29)/t16-,17-,18+,19-/m1/s1. The van der Waals surface area contributed by atoms with E-state index in [1.165, 1.54) is 35.5 Å². The molecule has 0 saturated carbocycles. The van der Waals surface area contributed by atoms with E-state index in [-0.39, 0.29) is 11.4 Å². The predicted octanol–water partition coefficient (Wildman–Crippen LogP) is 2.60. The summed E-state index contributed by atoms with van der Waals surface area (Å²) in [5.41, 5.74) is 0.551. The van der Waals surface area contributed by atoms with Crippen molar-refractivity contribution in [3.8, 4) is 0 Å². The summed E-state index contributed by atoms with van der Waals surface area (Å²) in [6.45, 7) is 0. The molecule has 0 radical (unpaired) electrons. The highest BCUT2D eigenvalue weighted by Gasteiger charge is 2.64. The van der Waals surface area contributed by atoms with Crippen LogP contribution in [-0.2, 0) is 14.4 Å². The van der Waals surface area contributed by atoms with Gasteiger partial charge in [0.1, 0.15) is 6.04 Å². The SMILES string of the molecule is O=C(Nc1ccc(Cl)cc1)[C@H]1[C@H]2C(=O)N(c3ccc([N+](=O)[O-])cc3)C(=O)[C@@H]2[C@H]2C=CC=NN21. The lowest BCUT2D eigenvalue weighted by Gasteiger charge is -2.30. The van der Waals surface area contributed by atoms with Crippen molar-refractivity contribution in [3.05, 3.63) is 75.8 Å². The molecule has 0 spiro atoms. The Morgan fingerprint density at radius 2 is 1.70 bits per heavy atom. The first-order valence-electron chi connectivity index (χ1n) is 10.0. The van der Waals surface area contributed by atoms with Gasteiger partial charge in [-0.2, -0.15) is 5.10 Å². The molecule has 0 aliphatic carbocycles. The molecule has 0 unspecified atom stereocenters. The van der Waals surface area contributed by atoms with Gasteiger partial charge in [0.2, 0.25) is 17.7 Å². The molecular weight excluding hydrogens is 450 g/mol. The smallest absolute Gasteiger partial charge is 0.269 e. The van der Waals surface area contributed by atoms with Crippen molar-refractivity contribution in [2.24, 2.45) is 16.9 Å². The van der Waals surface area contributed by atoms with Gasteiger partial charge in [-0.3, -0.25) is 29.5 Å². The summed E-state index contributed by atoms with van der Waals surface area (Å²) in [5, 5.41) is 20.0. The number of carbonyl (C=O) groups is 3. The van der Waals surface area contributed by atoms with Crippen molar-refractivity contribution in [2.45, 2.75) is 12.1 Å². The number of hydrogen-bond donors (Lipinski definition) is 1. The minimum atomic E-state index is -1.02. The van der Waals surface area contributed by atoms with Crippen LogP contribution in [0.15, 0.2) is 65.8 Å². The average molecular weight is 466 g/mol. The van der Waals surface area contributed by atoms with Gasteiger partial charge in [0.25, 0.3) is 5.69 Å². The van der Waals surface area contributed by atoms with E-state index in [0.717, 1.165) is 4.90 Å². The summed E-state index contributed by atoms with van der Waals surface area (Å²) < 4.78 is 0. The Morgan fingerprint density at radius 3 is 2.36 bits per heavy atom. The summed E-state index contributed by atoms with van der Waals surface area (Å²) in [6, 6.07) is 10.1. The number of imide groups is 1. The fraction of sp³-hybridized carbons (Fsp3) is 0.182. The van der Waals surface area contributed by atoms with Crippen molar-refractivity contribution in [2.75, 3.05) is 10.2 Å². The summed E-state index contributed by atoms with van der Waals surface area (Å²) in [5.74, 6) is -3.29. The number of allylic oxidation sites excluding steroid dienone is 1. The molecule has 11 heteroatoms. The number of halogens is 1. The summed E-state index contributed by atoms with van der Waals surface area (Å²) in [4.78, 5) is 51.4. The molecule has 10 nitrogen and oxygen atoms in total. The van der Waals surface area contributed by atoms with E-state index in [4.69, 9.17) is 11.6 Å². The maximum Gasteiger partial charge on any atom is 0.269 e. The summed E-state index contributed by atoms with van der Waals surface area (Å²) in [6.07, 6.45) is 4.91. The molecule has 33 heavy (non-hydrogen) atoms. The number of non-ortho nitro benzene ring substituents is 1. The van der Waals surface area contributed by atoms with Crippen molar-refractivity contribution in [3.63, 3.8) is 0 Å². The molecule has 166 valence electrons. The fourth-order valence-corrected chi connectivity index (χ4v) is 4.69. The van der Waals surface area contributed by atoms with E-state index in [1.54, 1.807) is 36.4 Å². The topological polar surface area (TPSA) is 125 Å². The third-order valence-corrected chi connectivity index (χ3v) is 6.24. The lowest BCUT2D eigenvalue weighted by Crippen LogP contribution is -2.47. The monoisotopic (exact) mass is 465 g/mol. The molecule has 0 aromatic heterocycles. The van der Waals surface area contributed by atoms with E-state index in [0.29, 0.717) is 10.7 Å². The second-order valence-electron chi connectivity index (χ2n) is 7.80. The lowest BCUT2D eigenvalue weighted by molar-refractivity contribution is -0.384. The number of anilines is 2. The van der Waals surface area contributed by atoms with Crippen LogP contribution < -0.4 is 10.2 Å². The normalized spacial score (nSPS) is 25.2. The zero-order valence-electron chi connectivity index (χ0n) is 16.9. The Hall–Kier alpha value is -4.05. The molecule has 2 aromatic rings. The molecule has 3 amide bonds. The molecule has 3 aliphatic heterocycles. The number of rotatable bonds is 4. The number of hydrazone groups is 1. The highest BCUT2D eigenvalue weighted by molar-refractivity contribution is 6.30. The zero-order valence-corrected chi connectivity index (χ0v) is 17.6. The number of fused-ring (bicyclic) bond motifs is 3. The number of nitro benzene ring substituents is 1. The largest absolute Gasteiger partial charge is 0.324 e. The van der Waals surface area contributed by atoms with E-state index in [1.807, 2.05) is 0 Å². The Bertz CT molecular complexity index is 1230. The van der Waals surface area contributed by atoms with E-state index in [9.17, 15) is 24.5 Å². The van der Waals surface area contributed by atoms with E-state index >= 15 is 0 Å². The molecular formula is C22H16ClN5O5. The van der Waals surface area contributed by atoms with Gasteiger partial charge >= 0.3 is 0 Å². The Balaban J connectivity index is 1.48.